The third-order valence-corrected chi connectivity index (χ3v) is 3.32. The summed E-state index contributed by atoms with van der Waals surface area (Å²) in [7, 11) is 0. The second-order valence-electron chi connectivity index (χ2n) is 4.66. The molecular formula is C12H22N2O3. The first kappa shape index (κ1) is 12.8. The van der Waals surface area contributed by atoms with Crippen LogP contribution in [0.3, 0.4) is 0 Å². The van der Waals surface area contributed by atoms with E-state index in [1.54, 1.807) is 0 Å². The molecule has 0 spiro atoms. The fourth-order valence-electron chi connectivity index (χ4n) is 2.26. The zero-order valence-electron chi connectivity index (χ0n) is 10.3. The summed E-state index contributed by atoms with van der Waals surface area (Å²) in [5.41, 5.74) is 0. The van der Waals surface area contributed by atoms with Gasteiger partial charge < -0.3 is 19.7 Å². The maximum atomic E-state index is 11.8. The Kier molecular flexibility index (Phi) is 5.22. The zero-order chi connectivity index (χ0) is 11.9. The van der Waals surface area contributed by atoms with Crippen LogP contribution in [0.2, 0.25) is 0 Å². The fourth-order valence-corrected chi connectivity index (χ4v) is 2.26. The highest BCUT2D eigenvalue weighted by molar-refractivity contribution is 5.77. The topological polar surface area (TPSA) is 50.8 Å². The standard InChI is InChI=1S/C12H22N2O3/c15-12(14-5-7-16-8-6-14)10-17-9-11-3-1-2-4-13-11/h11,13H,1-10H2. The molecule has 2 aliphatic heterocycles. The molecule has 2 saturated heterocycles. The van der Waals surface area contributed by atoms with Crippen molar-refractivity contribution in [1.82, 2.24) is 10.2 Å². The minimum absolute atomic E-state index is 0.0871. The summed E-state index contributed by atoms with van der Waals surface area (Å²) in [5.74, 6) is 0.0871. The molecule has 2 fully saturated rings. The average molecular weight is 242 g/mol. The van der Waals surface area contributed by atoms with Crippen molar-refractivity contribution in [3.63, 3.8) is 0 Å². The van der Waals surface area contributed by atoms with Crippen molar-refractivity contribution in [3.05, 3.63) is 0 Å². The largest absolute Gasteiger partial charge is 0.378 e. The molecule has 1 atom stereocenters. The first-order valence-corrected chi connectivity index (χ1v) is 6.53. The molecule has 0 aliphatic carbocycles. The monoisotopic (exact) mass is 242 g/mol. The molecule has 5 nitrogen and oxygen atoms in total. The summed E-state index contributed by atoms with van der Waals surface area (Å²) < 4.78 is 10.7. The molecule has 0 saturated carbocycles. The van der Waals surface area contributed by atoms with Crippen molar-refractivity contribution in [2.75, 3.05) is 46.1 Å². The van der Waals surface area contributed by atoms with Gasteiger partial charge in [0.05, 0.1) is 19.8 Å². The van der Waals surface area contributed by atoms with Crippen LogP contribution in [0.15, 0.2) is 0 Å². The molecule has 0 radical (unpaired) electrons. The van der Waals surface area contributed by atoms with Crippen molar-refractivity contribution in [2.45, 2.75) is 25.3 Å². The minimum atomic E-state index is 0.0871. The van der Waals surface area contributed by atoms with Gasteiger partial charge in [0.15, 0.2) is 0 Å². The average Bonchev–Trinajstić information content (AvgIpc) is 2.41. The van der Waals surface area contributed by atoms with E-state index in [2.05, 4.69) is 5.32 Å². The molecule has 98 valence electrons. The van der Waals surface area contributed by atoms with Crippen LogP contribution in [0.25, 0.3) is 0 Å². The number of carbonyl (C=O) groups excluding carboxylic acids is 1. The number of hydrogen-bond donors (Lipinski definition) is 1. The van der Waals surface area contributed by atoms with Crippen LogP contribution in [0.4, 0.5) is 0 Å². The van der Waals surface area contributed by atoms with Gasteiger partial charge in [-0.1, -0.05) is 6.42 Å². The van der Waals surface area contributed by atoms with Gasteiger partial charge in [0.2, 0.25) is 5.91 Å². The van der Waals surface area contributed by atoms with E-state index >= 15 is 0 Å². The Balaban J connectivity index is 1.58. The molecule has 1 N–H and O–H groups in total. The molecule has 2 heterocycles. The van der Waals surface area contributed by atoms with E-state index in [-0.39, 0.29) is 12.5 Å². The third kappa shape index (κ3) is 4.26. The SMILES string of the molecule is O=C(COCC1CCCCN1)N1CCOCC1. The number of ether oxygens (including phenoxy) is 2. The summed E-state index contributed by atoms with van der Waals surface area (Å²) in [5, 5.41) is 3.40. The van der Waals surface area contributed by atoms with Gasteiger partial charge in [-0.15, -0.1) is 0 Å². The lowest BCUT2D eigenvalue weighted by atomic mass is 10.1. The Hall–Kier alpha value is -0.650. The number of nitrogens with one attached hydrogen (secondary N) is 1. The Morgan fingerprint density at radius 1 is 1.35 bits per heavy atom. The van der Waals surface area contributed by atoms with Crippen LogP contribution in [0.1, 0.15) is 19.3 Å². The summed E-state index contributed by atoms with van der Waals surface area (Å²) in [6, 6.07) is 0.432. The van der Waals surface area contributed by atoms with E-state index in [9.17, 15) is 4.79 Å². The maximum Gasteiger partial charge on any atom is 0.248 e. The fraction of sp³-hybridized carbons (Fsp3) is 0.917. The number of hydrogen-bond acceptors (Lipinski definition) is 4. The molecule has 17 heavy (non-hydrogen) atoms. The summed E-state index contributed by atoms with van der Waals surface area (Å²) in [6.07, 6.45) is 3.67. The van der Waals surface area contributed by atoms with Gasteiger partial charge >= 0.3 is 0 Å². The van der Waals surface area contributed by atoms with E-state index in [0.29, 0.717) is 39.0 Å². The highest BCUT2D eigenvalue weighted by Gasteiger charge is 2.18. The van der Waals surface area contributed by atoms with E-state index in [1.807, 2.05) is 4.90 Å². The lowest BCUT2D eigenvalue weighted by Crippen LogP contribution is -2.43. The second kappa shape index (κ2) is 6.93. The summed E-state index contributed by atoms with van der Waals surface area (Å²) in [6.45, 7) is 4.62. The lowest BCUT2D eigenvalue weighted by molar-refractivity contribution is -0.140. The van der Waals surface area contributed by atoms with Crippen LogP contribution in [0.5, 0.6) is 0 Å². The summed E-state index contributed by atoms with van der Waals surface area (Å²) in [4.78, 5) is 13.6. The molecule has 2 rings (SSSR count). The summed E-state index contributed by atoms with van der Waals surface area (Å²) >= 11 is 0. The van der Waals surface area contributed by atoms with Crippen molar-refractivity contribution in [3.8, 4) is 0 Å². The first-order valence-electron chi connectivity index (χ1n) is 6.53. The van der Waals surface area contributed by atoms with Crippen LogP contribution in [-0.2, 0) is 14.3 Å². The maximum absolute atomic E-state index is 11.8. The molecule has 2 aliphatic rings. The van der Waals surface area contributed by atoms with Gasteiger partial charge in [0.25, 0.3) is 0 Å². The highest BCUT2D eigenvalue weighted by atomic mass is 16.5. The van der Waals surface area contributed by atoms with Crippen LogP contribution < -0.4 is 5.32 Å². The van der Waals surface area contributed by atoms with Gasteiger partial charge in [0.1, 0.15) is 6.61 Å². The van der Waals surface area contributed by atoms with E-state index in [4.69, 9.17) is 9.47 Å². The predicted molar refractivity (Wildman–Crippen MR) is 63.9 cm³/mol. The van der Waals surface area contributed by atoms with E-state index in [1.165, 1.54) is 12.8 Å². The molecule has 5 heteroatoms. The predicted octanol–water partition coefficient (Wildman–Crippen LogP) is 0.00390. The Morgan fingerprint density at radius 2 is 2.18 bits per heavy atom. The number of rotatable bonds is 4. The zero-order valence-corrected chi connectivity index (χ0v) is 10.3. The van der Waals surface area contributed by atoms with Gasteiger partial charge in [0, 0.05) is 19.1 Å². The van der Waals surface area contributed by atoms with Gasteiger partial charge in [-0.25, -0.2) is 0 Å². The molecule has 1 amide bonds. The van der Waals surface area contributed by atoms with Crippen molar-refractivity contribution in [2.24, 2.45) is 0 Å². The van der Waals surface area contributed by atoms with Gasteiger partial charge in [-0.05, 0) is 19.4 Å². The van der Waals surface area contributed by atoms with E-state index in [0.717, 1.165) is 13.0 Å². The van der Waals surface area contributed by atoms with Crippen molar-refractivity contribution in [1.29, 1.82) is 0 Å². The minimum Gasteiger partial charge on any atom is -0.378 e. The number of piperidine rings is 1. The third-order valence-electron chi connectivity index (χ3n) is 3.32. The Labute approximate surface area is 102 Å². The Bertz CT molecular complexity index is 236. The quantitative estimate of drug-likeness (QED) is 0.754. The number of nitrogens with zero attached hydrogens (tertiary/aromatic N) is 1. The molecule has 1 unspecified atom stereocenters. The van der Waals surface area contributed by atoms with Crippen molar-refractivity contribution >= 4 is 5.91 Å². The normalized spacial score (nSPS) is 25.9. The molecule has 0 aromatic heterocycles. The van der Waals surface area contributed by atoms with Gasteiger partial charge in [-0.3, -0.25) is 4.79 Å². The number of carbonyl (C=O) groups is 1. The molecule has 0 aromatic rings. The second-order valence-corrected chi connectivity index (χ2v) is 4.66. The Morgan fingerprint density at radius 3 is 2.88 bits per heavy atom. The number of amides is 1. The highest BCUT2D eigenvalue weighted by Crippen LogP contribution is 2.07. The molecule has 0 bridgehead atoms. The lowest BCUT2D eigenvalue weighted by Gasteiger charge is -2.27. The van der Waals surface area contributed by atoms with Crippen LogP contribution in [0, 0.1) is 0 Å². The number of morpholine rings is 1. The van der Waals surface area contributed by atoms with Crippen LogP contribution >= 0.6 is 0 Å². The first-order chi connectivity index (χ1) is 8.36. The molecule has 0 aromatic carbocycles. The van der Waals surface area contributed by atoms with E-state index < -0.39 is 0 Å². The van der Waals surface area contributed by atoms with Gasteiger partial charge in [-0.2, -0.15) is 0 Å². The molecular weight excluding hydrogens is 220 g/mol. The smallest absolute Gasteiger partial charge is 0.248 e. The van der Waals surface area contributed by atoms with Crippen LogP contribution in [-0.4, -0.2) is 62.9 Å². The van der Waals surface area contributed by atoms with Crippen molar-refractivity contribution < 1.29 is 14.3 Å².